The van der Waals surface area contributed by atoms with E-state index in [1.54, 1.807) is 0 Å². The molecule has 0 aromatic heterocycles. The van der Waals surface area contributed by atoms with Crippen molar-refractivity contribution < 1.29 is 14.3 Å². The van der Waals surface area contributed by atoms with Crippen LogP contribution in [-0.2, 0) is 14.3 Å². The average molecular weight is 413 g/mol. The Hall–Kier alpha value is -1.38. The van der Waals surface area contributed by atoms with Gasteiger partial charge in [0.2, 0.25) is 0 Å². The van der Waals surface area contributed by atoms with Crippen LogP contribution >= 0.6 is 0 Å². The van der Waals surface area contributed by atoms with E-state index >= 15 is 0 Å². The van der Waals surface area contributed by atoms with Gasteiger partial charge < -0.3 is 4.74 Å². The van der Waals surface area contributed by atoms with Crippen LogP contribution in [0, 0.1) is 40.4 Å². The van der Waals surface area contributed by atoms with Crippen LogP contribution in [0.25, 0.3) is 0 Å². The predicted molar refractivity (Wildman–Crippen MR) is 120 cm³/mol. The van der Waals surface area contributed by atoms with Crippen LogP contribution in [0.4, 0.5) is 0 Å². The number of ketones is 1. The number of esters is 1. The number of rotatable bonds is 6. The lowest BCUT2D eigenvalue weighted by Gasteiger charge is -2.56. The summed E-state index contributed by atoms with van der Waals surface area (Å²) in [5.41, 5.74) is 1.94. The van der Waals surface area contributed by atoms with Gasteiger partial charge in [0.25, 0.3) is 0 Å². The molecule has 3 heteroatoms. The lowest BCUT2D eigenvalue weighted by atomic mass is 9.48. The standard InChI is InChI=1S/C27H40O3/c1-18(7-5-6-8-25(29)30-4)22-11-12-23-21-10-9-19-17-20(28)13-15-26(19,2)24(21)14-16-27(22,23)3/h9-10,17-18,21-24H,5-8,11-16H2,1-4H3/t18-,21+,22-,23+,24+,26+,27-/m1/s1. The highest BCUT2D eigenvalue weighted by Gasteiger charge is 2.58. The van der Waals surface area contributed by atoms with Crippen molar-refractivity contribution in [3.8, 4) is 0 Å². The highest BCUT2D eigenvalue weighted by molar-refractivity contribution is 5.92. The summed E-state index contributed by atoms with van der Waals surface area (Å²) in [5.74, 6) is 3.92. The Bertz CT molecular complexity index is 749. The number of hydrogen-bond donors (Lipinski definition) is 0. The van der Waals surface area contributed by atoms with Gasteiger partial charge in [-0.15, -0.1) is 0 Å². The van der Waals surface area contributed by atoms with Crippen LogP contribution in [0.5, 0.6) is 0 Å². The molecule has 7 atom stereocenters. The van der Waals surface area contributed by atoms with Crippen molar-refractivity contribution in [1.82, 2.24) is 0 Å². The first-order valence-corrected chi connectivity index (χ1v) is 12.3. The number of allylic oxidation sites excluding steroid dienone is 4. The summed E-state index contributed by atoms with van der Waals surface area (Å²) < 4.78 is 4.78. The largest absolute Gasteiger partial charge is 0.469 e. The molecule has 0 bridgehead atoms. The Kier molecular flexibility index (Phi) is 6.03. The topological polar surface area (TPSA) is 43.4 Å². The number of carbonyl (C=O) groups excluding carboxylic acids is 2. The lowest BCUT2D eigenvalue weighted by Crippen LogP contribution is -2.49. The van der Waals surface area contributed by atoms with Crippen molar-refractivity contribution in [2.45, 2.75) is 85.0 Å². The maximum absolute atomic E-state index is 12.0. The van der Waals surface area contributed by atoms with Gasteiger partial charge in [-0.1, -0.05) is 45.8 Å². The fourth-order valence-electron chi connectivity index (χ4n) is 8.01. The maximum atomic E-state index is 12.0. The Labute approximate surface area is 182 Å². The molecule has 0 unspecified atom stereocenters. The first-order valence-electron chi connectivity index (χ1n) is 12.3. The molecule has 166 valence electrons. The average Bonchev–Trinajstić information content (AvgIpc) is 3.08. The summed E-state index contributed by atoms with van der Waals surface area (Å²) in [6.45, 7) is 7.47. The third-order valence-electron chi connectivity index (χ3n) is 9.79. The van der Waals surface area contributed by atoms with Crippen molar-refractivity contribution in [2.75, 3.05) is 7.11 Å². The normalized spacial score (nSPS) is 40.8. The number of fused-ring (bicyclic) bond motifs is 5. The van der Waals surface area contributed by atoms with Gasteiger partial charge in [-0.2, -0.15) is 0 Å². The summed E-state index contributed by atoms with van der Waals surface area (Å²) in [5, 5.41) is 0. The van der Waals surface area contributed by atoms with Gasteiger partial charge in [0.1, 0.15) is 0 Å². The van der Waals surface area contributed by atoms with Gasteiger partial charge in [-0.3, -0.25) is 9.59 Å². The molecular formula is C27H40O3. The predicted octanol–water partition coefficient (Wildman–Crippen LogP) is 6.28. The smallest absolute Gasteiger partial charge is 0.305 e. The van der Waals surface area contributed by atoms with Crippen molar-refractivity contribution in [2.24, 2.45) is 40.4 Å². The summed E-state index contributed by atoms with van der Waals surface area (Å²) in [7, 11) is 1.48. The van der Waals surface area contributed by atoms with E-state index in [1.165, 1.54) is 44.8 Å². The van der Waals surface area contributed by atoms with E-state index in [9.17, 15) is 9.59 Å². The second-order valence-electron chi connectivity index (χ2n) is 11.2. The number of unbranched alkanes of at least 4 members (excludes halogenated alkanes) is 1. The fraction of sp³-hybridized carbons (Fsp3) is 0.778. The number of hydrogen-bond acceptors (Lipinski definition) is 3. The van der Waals surface area contributed by atoms with Crippen LogP contribution < -0.4 is 0 Å². The van der Waals surface area contributed by atoms with Crippen molar-refractivity contribution in [3.05, 3.63) is 23.8 Å². The fourth-order valence-corrected chi connectivity index (χ4v) is 8.01. The zero-order chi connectivity index (χ0) is 21.5. The molecule has 2 saturated carbocycles. The zero-order valence-electron chi connectivity index (χ0n) is 19.4. The molecule has 3 nitrogen and oxygen atoms in total. The van der Waals surface area contributed by atoms with Crippen molar-refractivity contribution >= 4 is 11.8 Å². The molecule has 0 aromatic carbocycles. The second kappa shape index (κ2) is 8.28. The minimum atomic E-state index is -0.0794. The Morgan fingerprint density at radius 3 is 2.73 bits per heavy atom. The zero-order valence-corrected chi connectivity index (χ0v) is 19.4. The van der Waals surface area contributed by atoms with Crippen LogP contribution in [0.3, 0.4) is 0 Å². The molecule has 0 radical (unpaired) electrons. The third-order valence-corrected chi connectivity index (χ3v) is 9.79. The molecule has 4 aliphatic rings. The lowest BCUT2D eigenvalue weighted by molar-refractivity contribution is -0.140. The van der Waals surface area contributed by atoms with Gasteiger partial charge in [-0.25, -0.2) is 0 Å². The number of carbonyl (C=O) groups is 2. The molecule has 0 heterocycles. The van der Waals surface area contributed by atoms with E-state index in [0.29, 0.717) is 29.5 Å². The molecule has 0 aromatic rings. The number of ether oxygens (including phenoxy) is 1. The highest BCUT2D eigenvalue weighted by Crippen LogP contribution is 2.66. The van der Waals surface area contributed by atoms with Crippen LogP contribution in [0.1, 0.15) is 85.0 Å². The van der Waals surface area contributed by atoms with Crippen molar-refractivity contribution in [3.63, 3.8) is 0 Å². The molecule has 0 aliphatic heterocycles. The van der Waals surface area contributed by atoms with Gasteiger partial charge in [-0.05, 0) is 90.6 Å². The Morgan fingerprint density at radius 2 is 1.97 bits per heavy atom. The number of methoxy groups -OCH3 is 1. The van der Waals surface area contributed by atoms with E-state index in [0.717, 1.165) is 43.4 Å². The summed E-state index contributed by atoms with van der Waals surface area (Å²) in [6.07, 6.45) is 17.7. The molecule has 4 rings (SSSR count). The molecular weight excluding hydrogens is 372 g/mol. The monoisotopic (exact) mass is 412 g/mol. The Morgan fingerprint density at radius 1 is 1.17 bits per heavy atom. The quantitative estimate of drug-likeness (QED) is 0.381. The summed E-state index contributed by atoms with van der Waals surface area (Å²) >= 11 is 0. The molecule has 2 fully saturated rings. The molecule has 0 saturated heterocycles. The van der Waals surface area contributed by atoms with Crippen LogP contribution in [0.2, 0.25) is 0 Å². The first kappa shape index (κ1) is 21.8. The van der Waals surface area contributed by atoms with E-state index in [-0.39, 0.29) is 11.4 Å². The third kappa shape index (κ3) is 3.60. The van der Waals surface area contributed by atoms with Gasteiger partial charge in [0.15, 0.2) is 5.78 Å². The SMILES string of the molecule is COC(=O)CCCC[C@@H](C)[C@H]1CC[C@H]2[C@@H]3C=CC4=CC(=O)CC[C@]4(C)[C@H]3CC[C@]12C. The first-order chi connectivity index (χ1) is 14.3. The minimum absolute atomic E-state index is 0.0794. The summed E-state index contributed by atoms with van der Waals surface area (Å²) in [4.78, 5) is 23.4. The van der Waals surface area contributed by atoms with E-state index in [2.05, 4.69) is 32.9 Å². The molecule has 30 heavy (non-hydrogen) atoms. The second-order valence-corrected chi connectivity index (χ2v) is 11.2. The van der Waals surface area contributed by atoms with Gasteiger partial charge in [0, 0.05) is 12.8 Å². The highest BCUT2D eigenvalue weighted by atomic mass is 16.5. The Balaban J connectivity index is 1.45. The minimum Gasteiger partial charge on any atom is -0.469 e. The van der Waals surface area contributed by atoms with Crippen molar-refractivity contribution in [1.29, 1.82) is 0 Å². The molecule has 0 amide bonds. The molecule has 0 N–H and O–H groups in total. The molecule has 0 spiro atoms. The summed E-state index contributed by atoms with van der Waals surface area (Å²) in [6, 6.07) is 0. The van der Waals surface area contributed by atoms with E-state index in [4.69, 9.17) is 4.74 Å². The van der Waals surface area contributed by atoms with Crippen LogP contribution in [-0.4, -0.2) is 18.9 Å². The van der Waals surface area contributed by atoms with Gasteiger partial charge >= 0.3 is 5.97 Å². The van der Waals surface area contributed by atoms with Crippen LogP contribution in [0.15, 0.2) is 23.8 Å². The van der Waals surface area contributed by atoms with Gasteiger partial charge in [0.05, 0.1) is 7.11 Å². The molecule has 4 aliphatic carbocycles. The van der Waals surface area contributed by atoms with E-state index < -0.39 is 0 Å². The maximum Gasteiger partial charge on any atom is 0.305 e. The van der Waals surface area contributed by atoms with E-state index in [1.807, 2.05) is 6.08 Å².